The first-order chi connectivity index (χ1) is 14.0. The summed E-state index contributed by atoms with van der Waals surface area (Å²) in [5.74, 6) is -0.164. The first kappa shape index (κ1) is 19.4. The van der Waals surface area contributed by atoms with Crippen molar-refractivity contribution in [2.24, 2.45) is 5.41 Å². The van der Waals surface area contributed by atoms with Crippen LogP contribution in [0.1, 0.15) is 18.4 Å². The number of piperidine rings is 1. The summed E-state index contributed by atoms with van der Waals surface area (Å²) in [5.41, 5.74) is 3.35. The van der Waals surface area contributed by atoms with Gasteiger partial charge in [0.15, 0.2) is 5.78 Å². The highest BCUT2D eigenvalue weighted by Crippen LogP contribution is 2.42. The first-order valence-electron chi connectivity index (χ1n) is 9.53. The number of carbonyl (C=O) groups is 2. The van der Waals surface area contributed by atoms with Crippen LogP contribution < -0.4 is 15.5 Å². The normalized spacial score (nSPS) is 18.1. The molecule has 2 saturated heterocycles. The third kappa shape index (κ3) is 3.15. The van der Waals surface area contributed by atoms with Gasteiger partial charge in [0.05, 0.1) is 17.3 Å². The number of halogens is 1. The van der Waals surface area contributed by atoms with E-state index in [2.05, 4.69) is 20.5 Å². The summed E-state index contributed by atoms with van der Waals surface area (Å²) in [6.07, 6.45) is 5.63. The predicted molar refractivity (Wildman–Crippen MR) is 114 cm³/mol. The molecule has 2 aliphatic rings. The molecule has 1 amide bonds. The summed E-state index contributed by atoms with van der Waals surface area (Å²) >= 11 is 6.55. The third-order valence-corrected chi connectivity index (χ3v) is 6.25. The Bertz CT molecular complexity index is 981. The third-order valence-electron chi connectivity index (χ3n) is 5.97. The van der Waals surface area contributed by atoms with Gasteiger partial charge in [-0.1, -0.05) is 17.7 Å². The van der Waals surface area contributed by atoms with Crippen LogP contribution in [0.15, 0.2) is 30.6 Å². The van der Waals surface area contributed by atoms with Crippen molar-refractivity contribution < 1.29 is 9.59 Å². The molecule has 150 valence electrons. The molecule has 0 radical (unpaired) electrons. The minimum absolute atomic E-state index is 0.0125. The average molecular weight is 412 g/mol. The van der Waals surface area contributed by atoms with E-state index in [1.807, 2.05) is 25.2 Å². The number of anilines is 2. The van der Waals surface area contributed by atoms with Crippen LogP contribution in [0.3, 0.4) is 0 Å². The topological polar surface area (TPSA) is 98.2 Å². The second-order valence-electron chi connectivity index (χ2n) is 7.39. The molecule has 4 rings (SSSR count). The molecule has 2 aliphatic heterocycles. The minimum Gasteiger partial charge on any atom is -0.388 e. The Morgan fingerprint density at radius 2 is 2.03 bits per heavy atom. The summed E-state index contributed by atoms with van der Waals surface area (Å²) < 4.78 is 0. The van der Waals surface area contributed by atoms with Crippen LogP contribution in [0.25, 0.3) is 11.1 Å². The van der Waals surface area contributed by atoms with E-state index in [4.69, 9.17) is 17.0 Å². The number of nitrogens with one attached hydrogen (secondary N) is 3. The molecule has 0 bridgehead atoms. The Morgan fingerprint density at radius 3 is 2.66 bits per heavy atom. The molecule has 3 heterocycles. The first-order valence-corrected chi connectivity index (χ1v) is 9.90. The number of nitrogens with zero attached hydrogens (tertiary/aromatic N) is 2. The number of benzene rings is 1. The number of amides is 1. The lowest BCUT2D eigenvalue weighted by molar-refractivity contribution is -0.136. The van der Waals surface area contributed by atoms with Crippen molar-refractivity contribution in [3.05, 3.63) is 41.2 Å². The van der Waals surface area contributed by atoms with E-state index in [9.17, 15) is 9.59 Å². The maximum absolute atomic E-state index is 12.3. The molecule has 0 unspecified atom stereocenters. The largest absolute Gasteiger partial charge is 0.388 e. The molecule has 29 heavy (non-hydrogen) atoms. The molecule has 0 aliphatic carbocycles. The highest BCUT2D eigenvalue weighted by atomic mass is 35.5. The Hall–Kier alpha value is -2.93. The number of carbonyl (C=O) groups excluding carboxylic acids is 2. The van der Waals surface area contributed by atoms with Gasteiger partial charge in [0.1, 0.15) is 5.41 Å². The van der Waals surface area contributed by atoms with E-state index in [0.29, 0.717) is 31.0 Å². The average Bonchev–Trinajstić information content (AvgIpc) is 3.02. The highest BCUT2D eigenvalue weighted by molar-refractivity contribution is 6.34. The van der Waals surface area contributed by atoms with E-state index < -0.39 is 5.41 Å². The van der Waals surface area contributed by atoms with Crippen LogP contribution >= 0.6 is 11.6 Å². The van der Waals surface area contributed by atoms with E-state index in [0.717, 1.165) is 28.1 Å². The van der Waals surface area contributed by atoms with Crippen molar-refractivity contribution in [1.82, 2.24) is 10.3 Å². The van der Waals surface area contributed by atoms with Gasteiger partial charge >= 0.3 is 0 Å². The van der Waals surface area contributed by atoms with Gasteiger partial charge in [-0.3, -0.25) is 14.6 Å². The summed E-state index contributed by atoms with van der Waals surface area (Å²) in [6, 6.07) is 5.82. The van der Waals surface area contributed by atoms with E-state index in [1.54, 1.807) is 12.4 Å². The van der Waals surface area contributed by atoms with Crippen LogP contribution in [-0.4, -0.2) is 49.6 Å². The van der Waals surface area contributed by atoms with Crippen LogP contribution in [0.2, 0.25) is 5.02 Å². The predicted octanol–water partition coefficient (Wildman–Crippen LogP) is 2.73. The lowest BCUT2D eigenvalue weighted by Crippen LogP contribution is -2.47. The fourth-order valence-electron chi connectivity index (χ4n) is 4.28. The molecule has 8 heteroatoms. The molecule has 0 saturated carbocycles. The Balaban J connectivity index is 1.69. The highest BCUT2D eigenvalue weighted by Gasteiger charge is 2.51. The second kappa shape index (κ2) is 7.48. The zero-order valence-electron chi connectivity index (χ0n) is 16.1. The molecular formula is C21H22ClN5O2. The number of aromatic nitrogens is 1. The minimum atomic E-state index is -0.891. The lowest BCUT2D eigenvalue weighted by atomic mass is 9.76. The molecule has 7 nitrogen and oxygen atoms in total. The van der Waals surface area contributed by atoms with Gasteiger partial charge in [-0.05, 0) is 30.5 Å². The monoisotopic (exact) mass is 411 g/mol. The van der Waals surface area contributed by atoms with E-state index in [1.165, 1.54) is 6.21 Å². The number of rotatable bonds is 4. The van der Waals surface area contributed by atoms with Gasteiger partial charge in [0.25, 0.3) is 0 Å². The zero-order valence-corrected chi connectivity index (χ0v) is 16.8. The van der Waals surface area contributed by atoms with Crippen molar-refractivity contribution in [2.45, 2.75) is 12.8 Å². The molecule has 1 spiro atoms. The van der Waals surface area contributed by atoms with E-state index >= 15 is 0 Å². The van der Waals surface area contributed by atoms with Crippen LogP contribution in [0.5, 0.6) is 0 Å². The molecule has 1 aromatic carbocycles. The SMILES string of the molecule is CNc1ccc(-c2cncc(Cl)c2N2CCC3(CC2)C(=O)CNC3=O)cc1C=N. The Kier molecular flexibility index (Phi) is 5.00. The number of pyridine rings is 1. The van der Waals surface area contributed by atoms with Crippen molar-refractivity contribution in [3.63, 3.8) is 0 Å². The van der Waals surface area contributed by atoms with Gasteiger partial charge in [-0.15, -0.1) is 0 Å². The van der Waals surface area contributed by atoms with Crippen molar-refractivity contribution in [1.29, 1.82) is 5.41 Å². The van der Waals surface area contributed by atoms with Gasteiger partial charge in [-0.25, -0.2) is 0 Å². The smallest absolute Gasteiger partial charge is 0.234 e. The maximum Gasteiger partial charge on any atom is 0.234 e. The molecule has 1 aromatic heterocycles. The quantitative estimate of drug-likeness (QED) is 0.530. The van der Waals surface area contributed by atoms with Crippen molar-refractivity contribution >= 4 is 40.9 Å². The van der Waals surface area contributed by atoms with Gasteiger partial charge < -0.3 is 20.9 Å². The van der Waals surface area contributed by atoms with E-state index in [-0.39, 0.29) is 18.2 Å². The molecule has 3 N–H and O–H groups in total. The Morgan fingerprint density at radius 1 is 1.28 bits per heavy atom. The van der Waals surface area contributed by atoms with Gasteiger partial charge in [-0.2, -0.15) is 0 Å². The number of Topliss-reactive ketones (excluding diaryl/α,β-unsaturated/α-hetero) is 1. The fraction of sp³-hybridized carbons (Fsp3) is 0.333. The molecule has 2 fully saturated rings. The van der Waals surface area contributed by atoms with Crippen LogP contribution in [0.4, 0.5) is 11.4 Å². The zero-order chi connectivity index (χ0) is 20.6. The number of hydrogen-bond donors (Lipinski definition) is 3. The standard InChI is InChI=1S/C21H22ClN5O2/c1-24-17-3-2-13(8-14(17)9-23)15-10-25-11-16(22)19(15)27-6-4-21(5-7-27)18(28)12-26-20(21)29/h2-3,8-11,23-24H,4-7,12H2,1H3,(H,26,29). The van der Waals surface area contributed by atoms with Gasteiger partial charge in [0.2, 0.25) is 5.91 Å². The summed E-state index contributed by atoms with van der Waals surface area (Å²) in [4.78, 5) is 31.0. The molecular weight excluding hydrogens is 390 g/mol. The summed E-state index contributed by atoms with van der Waals surface area (Å²) in [7, 11) is 1.82. The van der Waals surface area contributed by atoms with Crippen LogP contribution in [0, 0.1) is 10.8 Å². The maximum atomic E-state index is 12.3. The Labute approximate surface area is 174 Å². The van der Waals surface area contributed by atoms with Crippen molar-refractivity contribution in [3.8, 4) is 11.1 Å². The molecule has 0 atom stereocenters. The van der Waals surface area contributed by atoms with Crippen LogP contribution in [-0.2, 0) is 9.59 Å². The number of ketones is 1. The van der Waals surface area contributed by atoms with Crippen molar-refractivity contribution in [2.75, 3.05) is 36.9 Å². The summed E-state index contributed by atoms with van der Waals surface area (Å²) in [6.45, 7) is 1.24. The lowest BCUT2D eigenvalue weighted by Gasteiger charge is -2.38. The summed E-state index contributed by atoms with van der Waals surface area (Å²) in [5, 5.41) is 14.0. The number of hydrogen-bond acceptors (Lipinski definition) is 6. The molecule has 2 aromatic rings. The van der Waals surface area contributed by atoms with Gasteiger partial charge in [0, 0.05) is 55.6 Å². The second-order valence-corrected chi connectivity index (χ2v) is 7.80. The fourth-order valence-corrected chi connectivity index (χ4v) is 4.56.